The van der Waals surface area contributed by atoms with E-state index in [1.807, 2.05) is 0 Å². The molecule has 45 heavy (non-hydrogen) atoms. The van der Waals surface area contributed by atoms with Crippen molar-refractivity contribution < 1.29 is 45.9 Å². The molecule has 0 bridgehead atoms. The lowest BCUT2D eigenvalue weighted by Gasteiger charge is -2.33. The summed E-state index contributed by atoms with van der Waals surface area (Å²) in [4.78, 5) is 32.8. The number of carbonyl (C=O) groups is 2. The molecule has 0 aliphatic carbocycles. The lowest BCUT2D eigenvalue weighted by molar-refractivity contribution is -0.322. The fourth-order valence-corrected chi connectivity index (χ4v) is 5.63. The van der Waals surface area contributed by atoms with Gasteiger partial charge in [-0.3, -0.25) is 4.79 Å². The van der Waals surface area contributed by atoms with Gasteiger partial charge in [-0.1, -0.05) is 30.3 Å². The number of amides is 1. The number of ether oxygens (including phenoxy) is 2. The molecule has 2 N–H and O–H groups in total. The number of likely N-dealkylation sites (tertiary alicyclic amines) is 1. The number of carbonyl (C=O) groups excluding carboxylic acids is 2. The summed E-state index contributed by atoms with van der Waals surface area (Å²) < 4.78 is 82.0. The Morgan fingerprint density at radius 3 is 2.31 bits per heavy atom. The number of nitrogens with zero attached hydrogens (tertiary/aromatic N) is 2. The van der Waals surface area contributed by atoms with Gasteiger partial charge in [0, 0.05) is 33.2 Å². The van der Waals surface area contributed by atoms with Crippen molar-refractivity contribution >= 4 is 22.8 Å². The number of benzene rings is 3. The van der Waals surface area contributed by atoms with Crippen molar-refractivity contribution in [3.63, 3.8) is 0 Å². The molecule has 0 unspecified atom stereocenters. The van der Waals surface area contributed by atoms with Crippen LogP contribution < -0.4 is 15.3 Å². The zero-order valence-electron chi connectivity index (χ0n) is 24.2. The molecule has 0 spiro atoms. The maximum atomic E-state index is 15.4. The van der Waals surface area contributed by atoms with Crippen LogP contribution in [0.15, 0.2) is 60.7 Å². The SMILES string of the molecule is COCCc1c(C(=O)N2CCC(c3cc(CN)ccc3F)CC2)c2c(OC(=O)c3ccccc3)ccc(F)c2n1OC(F)(F)F. The van der Waals surface area contributed by atoms with E-state index in [0.717, 1.165) is 17.7 Å². The first-order valence-electron chi connectivity index (χ1n) is 14.2. The molecule has 1 saturated heterocycles. The molecule has 0 atom stereocenters. The summed E-state index contributed by atoms with van der Waals surface area (Å²) in [5, 5.41) is -0.358. The number of alkyl halides is 3. The van der Waals surface area contributed by atoms with E-state index in [4.69, 9.17) is 15.2 Å². The molecular formula is C32H30F5N3O5. The molecule has 1 aliphatic heterocycles. The molecule has 0 saturated carbocycles. The van der Waals surface area contributed by atoms with Gasteiger partial charge >= 0.3 is 12.3 Å². The second kappa shape index (κ2) is 13.2. The summed E-state index contributed by atoms with van der Waals surface area (Å²) in [6.45, 7) is 0.339. The van der Waals surface area contributed by atoms with Crippen molar-refractivity contribution in [1.29, 1.82) is 0 Å². The number of fused-ring (bicyclic) bond motifs is 1. The van der Waals surface area contributed by atoms with Crippen LogP contribution in [0.5, 0.6) is 5.75 Å². The van der Waals surface area contributed by atoms with Crippen molar-refractivity contribution in [1.82, 2.24) is 9.63 Å². The number of piperidine rings is 1. The van der Waals surface area contributed by atoms with Crippen molar-refractivity contribution in [3.8, 4) is 5.75 Å². The molecule has 0 radical (unpaired) electrons. The van der Waals surface area contributed by atoms with Crippen LogP contribution in [-0.4, -0.2) is 54.7 Å². The summed E-state index contributed by atoms with van der Waals surface area (Å²) in [6, 6.07) is 14.3. The van der Waals surface area contributed by atoms with E-state index >= 15 is 4.39 Å². The lowest BCUT2D eigenvalue weighted by atomic mass is 9.88. The van der Waals surface area contributed by atoms with E-state index in [1.165, 1.54) is 30.2 Å². The van der Waals surface area contributed by atoms with Crippen LogP contribution in [0.1, 0.15) is 56.3 Å². The molecule has 3 aromatic carbocycles. The van der Waals surface area contributed by atoms with Crippen molar-refractivity contribution in [2.24, 2.45) is 5.73 Å². The van der Waals surface area contributed by atoms with Crippen LogP contribution in [0, 0.1) is 11.6 Å². The molecule has 1 aromatic heterocycles. The Morgan fingerprint density at radius 2 is 1.67 bits per heavy atom. The summed E-state index contributed by atoms with van der Waals surface area (Å²) in [7, 11) is 1.32. The number of hydrogen-bond donors (Lipinski definition) is 1. The monoisotopic (exact) mass is 631 g/mol. The Labute approximate surface area is 255 Å². The van der Waals surface area contributed by atoms with E-state index in [0.29, 0.717) is 18.4 Å². The Hall–Kier alpha value is -4.49. The molecule has 4 aromatic rings. The molecule has 1 aliphatic rings. The van der Waals surface area contributed by atoms with Gasteiger partial charge in [-0.05, 0) is 60.2 Å². The first kappa shape index (κ1) is 31.9. The number of aromatic nitrogens is 1. The highest BCUT2D eigenvalue weighted by atomic mass is 19.4. The van der Waals surface area contributed by atoms with E-state index in [2.05, 4.69) is 4.84 Å². The quantitative estimate of drug-likeness (QED) is 0.144. The van der Waals surface area contributed by atoms with Gasteiger partial charge in [-0.15, -0.1) is 13.2 Å². The summed E-state index contributed by atoms with van der Waals surface area (Å²) >= 11 is 0. The van der Waals surface area contributed by atoms with Crippen LogP contribution in [0.3, 0.4) is 0 Å². The largest absolute Gasteiger partial charge is 0.591 e. The van der Waals surface area contributed by atoms with Crippen LogP contribution in [0.4, 0.5) is 22.0 Å². The van der Waals surface area contributed by atoms with Gasteiger partial charge in [0.25, 0.3) is 5.91 Å². The molecule has 238 valence electrons. The molecule has 5 rings (SSSR count). The van der Waals surface area contributed by atoms with E-state index < -0.39 is 35.4 Å². The van der Waals surface area contributed by atoms with E-state index in [-0.39, 0.29) is 71.3 Å². The average Bonchev–Trinajstić information content (AvgIpc) is 3.34. The van der Waals surface area contributed by atoms with Gasteiger partial charge in [0.1, 0.15) is 17.1 Å². The third-order valence-electron chi connectivity index (χ3n) is 7.76. The molecule has 13 heteroatoms. The predicted molar refractivity (Wildman–Crippen MR) is 154 cm³/mol. The van der Waals surface area contributed by atoms with Gasteiger partial charge in [0.2, 0.25) is 0 Å². The maximum Gasteiger partial charge on any atom is 0.591 e. The van der Waals surface area contributed by atoms with Crippen LogP contribution in [-0.2, 0) is 17.7 Å². The summed E-state index contributed by atoms with van der Waals surface area (Å²) in [6.07, 6.45) is -4.84. The minimum atomic E-state index is -5.27. The number of nitrogens with two attached hydrogens (primary N) is 1. The van der Waals surface area contributed by atoms with Gasteiger partial charge in [0.15, 0.2) is 5.82 Å². The summed E-state index contributed by atoms with van der Waals surface area (Å²) in [5.74, 6) is -3.70. The first-order chi connectivity index (χ1) is 21.5. The molecule has 8 nitrogen and oxygen atoms in total. The van der Waals surface area contributed by atoms with E-state index in [1.54, 1.807) is 30.3 Å². The Balaban J connectivity index is 1.59. The standard InChI is InChI=1S/C32H30F5N3O5/c1-43-16-13-25-27(30(41)39-14-11-20(12-15-39)22-17-19(18-38)7-8-23(22)33)28-26(44-31(42)21-5-3-2-4-6-21)10-9-24(34)29(28)40(25)45-32(35,36)37/h2-10,17,20H,11-16,18,38H2,1H3. The Morgan fingerprint density at radius 1 is 0.978 bits per heavy atom. The maximum absolute atomic E-state index is 15.4. The molecule has 2 heterocycles. The van der Waals surface area contributed by atoms with Gasteiger partial charge < -0.3 is 24.9 Å². The Kier molecular flexibility index (Phi) is 9.40. The third kappa shape index (κ3) is 6.79. The van der Waals surface area contributed by atoms with Gasteiger partial charge in [0.05, 0.1) is 28.8 Å². The highest BCUT2D eigenvalue weighted by molar-refractivity contribution is 6.11. The first-order valence-corrected chi connectivity index (χ1v) is 14.2. The van der Waals surface area contributed by atoms with E-state index in [9.17, 15) is 27.2 Å². The third-order valence-corrected chi connectivity index (χ3v) is 7.76. The minimum Gasteiger partial charge on any atom is -0.422 e. The lowest BCUT2D eigenvalue weighted by Crippen LogP contribution is -2.38. The number of methoxy groups -OCH3 is 1. The van der Waals surface area contributed by atoms with Gasteiger partial charge in [-0.25, -0.2) is 13.6 Å². The summed E-state index contributed by atoms with van der Waals surface area (Å²) in [5.41, 5.74) is 5.70. The van der Waals surface area contributed by atoms with Crippen LogP contribution in [0.2, 0.25) is 0 Å². The Bertz CT molecular complexity index is 1700. The zero-order chi connectivity index (χ0) is 32.3. The van der Waals surface area contributed by atoms with Crippen LogP contribution in [0.25, 0.3) is 10.9 Å². The minimum absolute atomic E-state index is 0.126. The normalized spacial score (nSPS) is 14.2. The topological polar surface area (TPSA) is 96.0 Å². The highest BCUT2D eigenvalue weighted by Gasteiger charge is 2.39. The highest BCUT2D eigenvalue weighted by Crippen LogP contribution is 2.39. The van der Waals surface area contributed by atoms with Gasteiger partial charge in [-0.2, -0.15) is 4.73 Å². The van der Waals surface area contributed by atoms with Crippen molar-refractivity contribution in [3.05, 3.63) is 100 Å². The number of esters is 1. The molecule has 1 fully saturated rings. The average molecular weight is 632 g/mol. The van der Waals surface area contributed by atoms with Crippen molar-refractivity contribution in [2.75, 3.05) is 26.8 Å². The van der Waals surface area contributed by atoms with Crippen molar-refractivity contribution in [2.45, 2.75) is 38.1 Å². The predicted octanol–water partition coefficient (Wildman–Crippen LogP) is 5.75. The molecular weight excluding hydrogens is 601 g/mol. The second-order valence-corrected chi connectivity index (χ2v) is 10.5. The number of rotatable bonds is 9. The zero-order valence-corrected chi connectivity index (χ0v) is 24.2. The van der Waals surface area contributed by atoms with Crippen LogP contribution >= 0.6 is 0 Å². The second-order valence-electron chi connectivity index (χ2n) is 10.5. The number of halogens is 5. The smallest absolute Gasteiger partial charge is 0.422 e. The number of hydrogen-bond acceptors (Lipinski definition) is 6. The molecule has 1 amide bonds. The fraction of sp³-hybridized carbons (Fsp3) is 0.312. The fourth-order valence-electron chi connectivity index (χ4n) is 5.63.